The Balaban J connectivity index is 0.841. The summed E-state index contributed by atoms with van der Waals surface area (Å²) in [6.07, 6.45) is -27.9. The molecule has 0 aromatic rings. The third-order valence-corrected chi connectivity index (χ3v) is 22.2. The van der Waals surface area contributed by atoms with E-state index in [0.29, 0.717) is 31.6 Å². The molecular formula is C57H90O24. The molecule has 5 aliphatic heterocycles. The Morgan fingerprint density at radius 2 is 1.20 bits per heavy atom. The fourth-order valence-corrected chi connectivity index (χ4v) is 17.0. The van der Waals surface area contributed by atoms with Crippen LogP contribution in [0.25, 0.3) is 0 Å². The fourth-order valence-electron chi connectivity index (χ4n) is 17.0. The van der Waals surface area contributed by atoms with Crippen LogP contribution >= 0.6 is 0 Å². The van der Waals surface area contributed by atoms with Crippen LogP contribution < -0.4 is 0 Å². The summed E-state index contributed by atoms with van der Waals surface area (Å²) in [6.45, 7) is 17.0. The smallest absolute Gasteiger partial charge is 0.310 e. The molecule has 0 bridgehead atoms. The quantitative estimate of drug-likeness (QED) is 0.0842. The highest BCUT2D eigenvalue weighted by Crippen LogP contribution is 2.75. The summed E-state index contributed by atoms with van der Waals surface area (Å²) >= 11 is 0. The molecular weight excluding hydrogens is 1070 g/mol. The highest BCUT2D eigenvalue weighted by Gasteiger charge is 2.69. The molecule has 5 aliphatic carbocycles. The van der Waals surface area contributed by atoms with E-state index in [1.807, 2.05) is 0 Å². The average Bonchev–Trinajstić information content (AvgIpc) is 1.23. The van der Waals surface area contributed by atoms with Crippen LogP contribution in [0.1, 0.15) is 113 Å². The minimum Gasteiger partial charge on any atom is -0.481 e. The van der Waals surface area contributed by atoms with Gasteiger partial charge in [-0.3, -0.25) is 4.79 Å². The third-order valence-electron chi connectivity index (χ3n) is 22.2. The van der Waals surface area contributed by atoms with E-state index in [1.54, 1.807) is 0 Å². The number of allylic oxidation sites excluding steroid dienone is 3. The maximum Gasteiger partial charge on any atom is 0.310 e. The molecule has 13 N–H and O–H groups in total. The molecule has 5 heterocycles. The number of aliphatic hydroxyl groups excluding tert-OH is 12. The fraction of sp³-hybridized carbons (Fsp3) is 0.912. The van der Waals surface area contributed by atoms with Crippen molar-refractivity contribution in [1.29, 1.82) is 0 Å². The van der Waals surface area contributed by atoms with E-state index in [9.17, 15) is 71.2 Å². The van der Waals surface area contributed by atoms with Gasteiger partial charge in [0.15, 0.2) is 31.5 Å². The van der Waals surface area contributed by atoms with Crippen LogP contribution in [0.2, 0.25) is 0 Å². The van der Waals surface area contributed by atoms with Gasteiger partial charge < -0.3 is 114 Å². The molecule has 0 amide bonds. The Labute approximate surface area is 471 Å². The van der Waals surface area contributed by atoms with E-state index in [4.69, 9.17) is 47.4 Å². The lowest BCUT2D eigenvalue weighted by molar-refractivity contribution is -0.399. The lowest BCUT2D eigenvalue weighted by Gasteiger charge is -2.71. The number of rotatable bonds is 12. The SMILES string of the molecule is C=C1CC[C@]2(C(=O)O)CC[C@]3(C)C(=CC[C@@H]4[C@@]5(C)CC[C@H](O[C@@H]6OC[C@@H](O)[C@H](O[C@@H]7O[C@H](CO)[C@@H](O[C@@H]8OC[C@H](O[C@@H]9O[C@@H](C)[C@H](O)[C@@H](O)[C@H]9O)[C@H](O)[C@H]8O)[C@H](O)[C@H]7O[C@@H]7O[C@@H](C)[C@H](O)[C@@H](O)[C@H]7O)[C@H]6O)C(C)(C)[C@H]5CC[C@]43C)[C@H]2C1. The number of aliphatic carboxylic acids is 1. The molecule has 31 atom stereocenters. The number of hydrogen-bond donors (Lipinski definition) is 13. The van der Waals surface area contributed by atoms with Crippen LogP contribution in [-0.4, -0.2) is 240 Å². The van der Waals surface area contributed by atoms with E-state index in [2.05, 4.69) is 47.3 Å². The van der Waals surface area contributed by atoms with E-state index < -0.39 is 177 Å². The van der Waals surface area contributed by atoms with E-state index in [1.165, 1.54) is 19.4 Å². The predicted molar refractivity (Wildman–Crippen MR) is 276 cm³/mol. The second-order valence-corrected chi connectivity index (χ2v) is 26.7. The van der Waals surface area contributed by atoms with Crippen molar-refractivity contribution in [2.45, 2.75) is 260 Å². The minimum absolute atomic E-state index is 0.0706. The first-order valence-electron chi connectivity index (χ1n) is 29.2. The number of fused-ring (bicyclic) bond motifs is 7. The average molecular weight is 1160 g/mol. The number of carboxylic acids is 1. The van der Waals surface area contributed by atoms with Gasteiger partial charge in [0.2, 0.25) is 0 Å². The molecule has 9 fully saturated rings. The molecule has 10 aliphatic rings. The largest absolute Gasteiger partial charge is 0.481 e. The van der Waals surface area contributed by atoms with Crippen LogP contribution in [0.15, 0.2) is 23.8 Å². The van der Waals surface area contributed by atoms with Crippen molar-refractivity contribution in [3.8, 4) is 0 Å². The Morgan fingerprint density at radius 3 is 1.84 bits per heavy atom. The van der Waals surface area contributed by atoms with E-state index in [-0.39, 0.29) is 34.7 Å². The summed E-state index contributed by atoms with van der Waals surface area (Å²) in [5.41, 5.74) is 0.777. The monoisotopic (exact) mass is 1160 g/mol. The topological polar surface area (TPSA) is 372 Å². The molecule has 24 heteroatoms. The molecule has 0 radical (unpaired) electrons. The molecule has 0 unspecified atom stereocenters. The minimum atomic E-state index is -1.98. The lowest BCUT2D eigenvalue weighted by atomic mass is 9.34. The van der Waals surface area contributed by atoms with Crippen molar-refractivity contribution in [3.63, 3.8) is 0 Å². The van der Waals surface area contributed by atoms with E-state index in [0.717, 1.165) is 44.1 Å². The number of ether oxygens (including phenoxy) is 10. The van der Waals surface area contributed by atoms with Crippen molar-refractivity contribution in [3.05, 3.63) is 23.8 Å². The van der Waals surface area contributed by atoms with Crippen LogP contribution in [-0.2, 0) is 52.2 Å². The number of hydrogen-bond acceptors (Lipinski definition) is 23. The highest BCUT2D eigenvalue weighted by atomic mass is 16.8. The van der Waals surface area contributed by atoms with Gasteiger partial charge in [-0.15, -0.1) is 0 Å². The maximum absolute atomic E-state index is 13.1. The summed E-state index contributed by atoms with van der Waals surface area (Å²) < 4.78 is 60.1. The summed E-state index contributed by atoms with van der Waals surface area (Å²) in [5, 5.41) is 143. The zero-order valence-corrected chi connectivity index (χ0v) is 47.4. The maximum atomic E-state index is 13.1. The summed E-state index contributed by atoms with van der Waals surface area (Å²) in [4.78, 5) is 13.1. The molecule has 5 saturated heterocycles. The van der Waals surface area contributed by atoms with Crippen LogP contribution in [0.3, 0.4) is 0 Å². The zero-order valence-electron chi connectivity index (χ0n) is 47.4. The van der Waals surface area contributed by atoms with Gasteiger partial charge in [-0.2, -0.15) is 0 Å². The van der Waals surface area contributed by atoms with Crippen molar-refractivity contribution < 1.29 is 119 Å². The van der Waals surface area contributed by atoms with Gasteiger partial charge in [0.05, 0.1) is 43.5 Å². The first kappa shape index (κ1) is 62.1. The van der Waals surface area contributed by atoms with Crippen molar-refractivity contribution in [2.75, 3.05) is 19.8 Å². The molecule has 10 rings (SSSR count). The van der Waals surface area contributed by atoms with Gasteiger partial charge in [0.25, 0.3) is 0 Å². The van der Waals surface area contributed by atoms with Gasteiger partial charge in [0, 0.05) is 5.92 Å². The van der Waals surface area contributed by atoms with Gasteiger partial charge >= 0.3 is 5.97 Å². The Kier molecular flexibility index (Phi) is 17.6. The summed E-state index contributed by atoms with van der Waals surface area (Å²) in [7, 11) is 0. The van der Waals surface area contributed by atoms with Crippen LogP contribution in [0.5, 0.6) is 0 Å². The van der Waals surface area contributed by atoms with Gasteiger partial charge in [-0.1, -0.05) is 58.4 Å². The number of aliphatic hydroxyl groups is 12. The summed E-state index contributed by atoms with van der Waals surface area (Å²) in [5.74, 6) is -0.294. The summed E-state index contributed by atoms with van der Waals surface area (Å²) in [6, 6.07) is 0. The second kappa shape index (κ2) is 23.0. The molecule has 4 saturated carbocycles. The lowest BCUT2D eigenvalue weighted by Crippen LogP contribution is -2.67. The standard InChI is InChI=1S/C57H90O24/c1-23-11-16-57(52(70)71)18-17-55(7)26(27(57)19-23)9-10-32-54(6)14-13-33(53(4,5)31(54)12-15-56(32,55)8)78-48-43(69)44(28(59)21-72-48)79-51-46(81-50-41(67)38(64)35(61)25(3)75-50)42(68)45(29(20-58)76-51)80-47-39(65)36(62)30(22-73-47)77-49-40(66)37(63)34(60)24(2)74-49/h9,24-25,27-51,58-69H,1,10-22H2,2-8H3,(H,70,71)/t24-,25-,27+,28+,29+,30-,31+,32+,33-,34-,35-,36-,37+,38+,39+,40+,41+,42-,43+,44-,45+,46+,47-,48-,49-,50-,51-,54-,55+,56+,57-/m0/s1. The van der Waals surface area contributed by atoms with Crippen molar-refractivity contribution >= 4 is 5.97 Å². The first-order chi connectivity index (χ1) is 38.0. The molecule has 0 spiro atoms. The number of carbonyl (C=O) groups is 1. The van der Waals surface area contributed by atoms with Crippen molar-refractivity contribution in [1.82, 2.24) is 0 Å². The molecule has 462 valence electrons. The van der Waals surface area contributed by atoms with Crippen molar-refractivity contribution in [2.24, 2.45) is 44.8 Å². The molecule has 24 nitrogen and oxygen atoms in total. The predicted octanol–water partition coefficient (Wildman–Crippen LogP) is -0.782. The molecule has 0 aromatic heterocycles. The Morgan fingerprint density at radius 1 is 0.605 bits per heavy atom. The third kappa shape index (κ3) is 10.3. The Hall–Kier alpha value is -1.93. The van der Waals surface area contributed by atoms with E-state index >= 15 is 0 Å². The molecule has 0 aromatic carbocycles. The van der Waals surface area contributed by atoms with Crippen LogP contribution in [0.4, 0.5) is 0 Å². The molecule has 81 heavy (non-hydrogen) atoms. The van der Waals surface area contributed by atoms with Gasteiger partial charge in [0.1, 0.15) is 97.7 Å². The normalized spacial score (nSPS) is 54.7. The Bertz CT molecular complexity index is 2290. The van der Waals surface area contributed by atoms with Crippen LogP contribution in [0, 0.1) is 44.8 Å². The zero-order chi connectivity index (χ0) is 58.8. The van der Waals surface area contributed by atoms with Gasteiger partial charge in [-0.25, -0.2) is 0 Å². The second-order valence-electron chi connectivity index (χ2n) is 26.7. The highest BCUT2D eigenvalue weighted by molar-refractivity contribution is 5.77. The first-order valence-corrected chi connectivity index (χ1v) is 29.2. The number of carboxylic acid groups (broad SMARTS) is 1. The van der Waals surface area contributed by atoms with Gasteiger partial charge in [-0.05, 0) is 112 Å².